The van der Waals surface area contributed by atoms with Gasteiger partial charge >= 0.3 is 0 Å². The van der Waals surface area contributed by atoms with Crippen LogP contribution in [0.1, 0.15) is 22.4 Å². The fourth-order valence-electron chi connectivity index (χ4n) is 2.94. The molecule has 1 aliphatic rings. The fraction of sp³-hybridized carbons (Fsp3) is 0.222. The molecule has 23 heavy (non-hydrogen) atoms. The monoisotopic (exact) mass is 340 g/mol. The zero-order valence-electron chi connectivity index (χ0n) is 12.5. The molecule has 0 radical (unpaired) electrons. The standard InChI is InChI=1S/C18H16N2OS2/c21-16(10-12-8-9-22-11-12)19-18-20-17-14-6-2-1-4-13(14)5-3-7-15(17)23-18/h1-2,4,6,8-9,11H,3,5,7,10H2,(H,19,20,21). The van der Waals surface area contributed by atoms with E-state index in [9.17, 15) is 4.79 Å². The van der Waals surface area contributed by atoms with Crippen LogP contribution < -0.4 is 5.32 Å². The predicted molar refractivity (Wildman–Crippen MR) is 96.2 cm³/mol. The maximum atomic E-state index is 12.2. The third kappa shape index (κ3) is 3.07. The number of rotatable bonds is 3. The Morgan fingerprint density at radius 3 is 3.00 bits per heavy atom. The van der Waals surface area contributed by atoms with Gasteiger partial charge in [-0.15, -0.1) is 11.3 Å². The minimum atomic E-state index is 0.000551. The van der Waals surface area contributed by atoms with Crippen molar-refractivity contribution in [1.29, 1.82) is 0 Å². The van der Waals surface area contributed by atoms with E-state index in [1.54, 1.807) is 22.7 Å². The molecular weight excluding hydrogens is 324 g/mol. The number of fused-ring (bicyclic) bond motifs is 3. The topological polar surface area (TPSA) is 42.0 Å². The van der Waals surface area contributed by atoms with Crippen LogP contribution in [0, 0.1) is 0 Å². The van der Waals surface area contributed by atoms with Crippen LogP contribution in [-0.4, -0.2) is 10.9 Å². The van der Waals surface area contributed by atoms with Crippen LogP contribution in [0.3, 0.4) is 0 Å². The van der Waals surface area contributed by atoms with Crippen LogP contribution in [0.15, 0.2) is 41.1 Å². The van der Waals surface area contributed by atoms with Crippen molar-refractivity contribution in [2.75, 3.05) is 5.32 Å². The maximum absolute atomic E-state index is 12.2. The number of aryl methyl sites for hydroxylation is 2. The largest absolute Gasteiger partial charge is 0.302 e. The molecule has 3 aromatic rings. The molecule has 0 aliphatic heterocycles. The number of thiazole rings is 1. The van der Waals surface area contributed by atoms with Crippen LogP contribution >= 0.6 is 22.7 Å². The van der Waals surface area contributed by atoms with Gasteiger partial charge in [-0.25, -0.2) is 4.98 Å². The number of hydrogen-bond donors (Lipinski definition) is 1. The molecule has 0 saturated carbocycles. The van der Waals surface area contributed by atoms with Gasteiger partial charge in [0.1, 0.15) is 0 Å². The van der Waals surface area contributed by atoms with Gasteiger partial charge in [0.25, 0.3) is 0 Å². The first-order valence-corrected chi connectivity index (χ1v) is 9.44. The Hall–Kier alpha value is -1.98. The van der Waals surface area contributed by atoms with Crippen LogP contribution in [0.2, 0.25) is 0 Å². The van der Waals surface area contributed by atoms with E-state index in [1.807, 2.05) is 16.8 Å². The smallest absolute Gasteiger partial charge is 0.230 e. The summed E-state index contributed by atoms with van der Waals surface area (Å²) in [6.45, 7) is 0. The highest BCUT2D eigenvalue weighted by Crippen LogP contribution is 2.37. The van der Waals surface area contributed by atoms with E-state index in [1.165, 1.54) is 16.0 Å². The highest BCUT2D eigenvalue weighted by molar-refractivity contribution is 7.16. The summed E-state index contributed by atoms with van der Waals surface area (Å²) >= 11 is 3.22. The second-order valence-electron chi connectivity index (χ2n) is 5.66. The molecule has 0 fully saturated rings. The van der Waals surface area contributed by atoms with E-state index in [-0.39, 0.29) is 5.91 Å². The van der Waals surface area contributed by atoms with Crippen molar-refractivity contribution in [3.8, 4) is 11.3 Å². The molecular formula is C18H16N2OS2. The molecule has 2 heterocycles. The van der Waals surface area contributed by atoms with Gasteiger partial charge in [-0.2, -0.15) is 11.3 Å². The first-order chi connectivity index (χ1) is 11.3. The molecule has 116 valence electrons. The van der Waals surface area contributed by atoms with Crippen molar-refractivity contribution in [2.24, 2.45) is 0 Å². The third-order valence-electron chi connectivity index (χ3n) is 4.01. The highest BCUT2D eigenvalue weighted by Gasteiger charge is 2.19. The van der Waals surface area contributed by atoms with Crippen LogP contribution in [0.5, 0.6) is 0 Å². The van der Waals surface area contributed by atoms with E-state index in [0.29, 0.717) is 11.6 Å². The lowest BCUT2D eigenvalue weighted by Gasteiger charge is -2.04. The first-order valence-electron chi connectivity index (χ1n) is 7.68. The minimum Gasteiger partial charge on any atom is -0.302 e. The van der Waals surface area contributed by atoms with Crippen LogP contribution in [-0.2, 0) is 24.1 Å². The summed E-state index contributed by atoms with van der Waals surface area (Å²) in [5.74, 6) is 0.000551. The Morgan fingerprint density at radius 2 is 2.13 bits per heavy atom. The van der Waals surface area contributed by atoms with Gasteiger partial charge in [0.05, 0.1) is 12.1 Å². The molecule has 1 amide bonds. The normalized spacial score (nSPS) is 13.0. The lowest BCUT2D eigenvalue weighted by atomic mass is 10.0. The molecule has 0 unspecified atom stereocenters. The number of carbonyl (C=O) groups excluding carboxylic acids is 1. The number of aromatic nitrogens is 1. The number of benzene rings is 1. The Morgan fingerprint density at radius 1 is 1.22 bits per heavy atom. The second kappa shape index (κ2) is 6.26. The summed E-state index contributed by atoms with van der Waals surface area (Å²) in [5.41, 5.74) is 4.67. The van der Waals surface area contributed by atoms with Crippen molar-refractivity contribution < 1.29 is 4.79 Å². The van der Waals surface area contributed by atoms with E-state index in [4.69, 9.17) is 4.98 Å². The van der Waals surface area contributed by atoms with Gasteiger partial charge < -0.3 is 5.32 Å². The number of nitrogens with zero attached hydrogens (tertiary/aromatic N) is 1. The third-order valence-corrected chi connectivity index (χ3v) is 5.77. The molecule has 1 aliphatic carbocycles. The highest BCUT2D eigenvalue weighted by atomic mass is 32.1. The van der Waals surface area contributed by atoms with Crippen molar-refractivity contribution in [3.05, 3.63) is 57.1 Å². The molecule has 1 aromatic carbocycles. The van der Waals surface area contributed by atoms with E-state index < -0.39 is 0 Å². The fourth-order valence-corrected chi connectivity index (χ4v) is 4.64. The van der Waals surface area contributed by atoms with Crippen molar-refractivity contribution >= 4 is 33.7 Å². The minimum absolute atomic E-state index is 0.000551. The van der Waals surface area contributed by atoms with Gasteiger partial charge in [0.2, 0.25) is 5.91 Å². The van der Waals surface area contributed by atoms with Gasteiger partial charge in [-0.1, -0.05) is 24.3 Å². The van der Waals surface area contributed by atoms with E-state index in [2.05, 4.69) is 29.6 Å². The summed E-state index contributed by atoms with van der Waals surface area (Å²) < 4.78 is 0. The molecule has 0 saturated heterocycles. The lowest BCUT2D eigenvalue weighted by Crippen LogP contribution is -2.13. The Bertz CT molecular complexity index is 837. The average molecular weight is 340 g/mol. The number of hydrogen-bond acceptors (Lipinski definition) is 4. The van der Waals surface area contributed by atoms with Crippen molar-refractivity contribution in [3.63, 3.8) is 0 Å². The molecule has 0 atom stereocenters. The molecule has 1 N–H and O–H groups in total. The summed E-state index contributed by atoms with van der Waals surface area (Å²) in [6.07, 6.45) is 3.67. The molecule has 4 rings (SSSR count). The van der Waals surface area contributed by atoms with Crippen molar-refractivity contribution in [2.45, 2.75) is 25.7 Å². The molecule has 5 heteroatoms. The number of anilines is 1. The molecule has 0 bridgehead atoms. The van der Waals surface area contributed by atoms with E-state index >= 15 is 0 Å². The average Bonchev–Trinajstić information content (AvgIpc) is 3.15. The number of carbonyl (C=O) groups is 1. The van der Waals surface area contributed by atoms with Gasteiger partial charge in [-0.05, 0) is 47.2 Å². The van der Waals surface area contributed by atoms with Crippen LogP contribution in [0.4, 0.5) is 5.13 Å². The molecule has 2 aromatic heterocycles. The zero-order valence-corrected chi connectivity index (χ0v) is 14.2. The summed E-state index contributed by atoms with van der Waals surface area (Å²) in [7, 11) is 0. The number of thiophene rings is 1. The number of amides is 1. The quantitative estimate of drug-likeness (QED) is 0.760. The number of nitrogens with one attached hydrogen (secondary N) is 1. The summed E-state index contributed by atoms with van der Waals surface area (Å²) in [6, 6.07) is 10.4. The maximum Gasteiger partial charge on any atom is 0.230 e. The zero-order chi connectivity index (χ0) is 15.6. The molecule has 3 nitrogen and oxygen atoms in total. The van der Waals surface area contributed by atoms with Gasteiger partial charge in [0, 0.05) is 10.4 Å². The van der Waals surface area contributed by atoms with Crippen molar-refractivity contribution in [1.82, 2.24) is 4.98 Å². The summed E-state index contributed by atoms with van der Waals surface area (Å²) in [4.78, 5) is 18.2. The lowest BCUT2D eigenvalue weighted by molar-refractivity contribution is -0.115. The molecule has 0 spiro atoms. The van der Waals surface area contributed by atoms with Gasteiger partial charge in [0.15, 0.2) is 5.13 Å². The van der Waals surface area contributed by atoms with Crippen LogP contribution in [0.25, 0.3) is 11.3 Å². The Kier molecular flexibility index (Phi) is 3.97. The summed E-state index contributed by atoms with van der Waals surface area (Å²) in [5, 5.41) is 7.67. The van der Waals surface area contributed by atoms with Gasteiger partial charge in [-0.3, -0.25) is 4.79 Å². The van der Waals surface area contributed by atoms with E-state index in [0.717, 1.165) is 30.5 Å². The Balaban J connectivity index is 1.58. The SMILES string of the molecule is O=C(Cc1ccsc1)Nc1nc2c(s1)CCCc1ccccc1-2. The Labute approximate surface area is 143 Å². The predicted octanol–water partition coefficient (Wildman–Crippen LogP) is 4.54. The first kappa shape index (κ1) is 14.6. The second-order valence-corrected chi connectivity index (χ2v) is 7.52.